The van der Waals surface area contributed by atoms with Crippen LogP contribution in [0.1, 0.15) is 31.7 Å². The van der Waals surface area contributed by atoms with Crippen LogP contribution in [0.5, 0.6) is 0 Å². The summed E-state index contributed by atoms with van der Waals surface area (Å²) in [4.78, 5) is 2.41. The van der Waals surface area contributed by atoms with Crippen molar-refractivity contribution < 1.29 is 0 Å². The normalized spacial score (nSPS) is 26.9. The van der Waals surface area contributed by atoms with Crippen molar-refractivity contribution in [1.82, 2.24) is 10.2 Å². The fourth-order valence-electron chi connectivity index (χ4n) is 3.46. The van der Waals surface area contributed by atoms with Crippen LogP contribution in [0.15, 0.2) is 24.3 Å². The summed E-state index contributed by atoms with van der Waals surface area (Å²) in [6.07, 6.45) is 4.00. The van der Waals surface area contributed by atoms with Crippen LogP contribution in [0.4, 0.5) is 0 Å². The van der Waals surface area contributed by atoms with Gasteiger partial charge in [0.2, 0.25) is 0 Å². The summed E-state index contributed by atoms with van der Waals surface area (Å²) < 4.78 is 0. The van der Waals surface area contributed by atoms with Crippen molar-refractivity contribution in [3.05, 3.63) is 34.9 Å². The fourth-order valence-corrected chi connectivity index (χ4v) is 3.66. The van der Waals surface area contributed by atoms with Gasteiger partial charge in [-0.05, 0) is 56.8 Å². The van der Waals surface area contributed by atoms with Crippen molar-refractivity contribution in [2.75, 3.05) is 20.6 Å². The molecule has 1 aromatic rings. The predicted octanol–water partition coefficient (Wildman–Crippen LogP) is 3.80. The Morgan fingerprint density at radius 3 is 2.75 bits per heavy atom. The van der Waals surface area contributed by atoms with Crippen LogP contribution in [-0.4, -0.2) is 31.6 Å². The molecule has 2 rings (SSSR count). The topological polar surface area (TPSA) is 15.3 Å². The average Bonchev–Trinajstić information content (AvgIpc) is 2.41. The summed E-state index contributed by atoms with van der Waals surface area (Å²) in [5.41, 5.74) is 1.22. The highest BCUT2D eigenvalue weighted by Crippen LogP contribution is 2.30. The Balaban J connectivity index is 1.92. The molecule has 1 saturated carbocycles. The molecule has 112 valence electrons. The molecule has 1 aliphatic carbocycles. The van der Waals surface area contributed by atoms with E-state index in [0.29, 0.717) is 6.04 Å². The molecule has 0 amide bonds. The van der Waals surface area contributed by atoms with Gasteiger partial charge in [0.25, 0.3) is 0 Å². The maximum Gasteiger partial charge on any atom is 0.0451 e. The lowest BCUT2D eigenvalue weighted by Gasteiger charge is -2.37. The molecular weight excluding hydrogens is 268 g/mol. The zero-order chi connectivity index (χ0) is 14.5. The first-order chi connectivity index (χ1) is 9.60. The van der Waals surface area contributed by atoms with E-state index < -0.39 is 0 Å². The zero-order valence-electron chi connectivity index (χ0n) is 12.9. The summed E-state index contributed by atoms with van der Waals surface area (Å²) in [6, 6.07) is 8.82. The number of rotatable bonds is 5. The summed E-state index contributed by atoms with van der Waals surface area (Å²) in [5, 5.41) is 4.38. The van der Waals surface area contributed by atoms with E-state index in [4.69, 9.17) is 11.6 Å². The fraction of sp³-hybridized carbons (Fsp3) is 0.647. The molecule has 0 aromatic heterocycles. The van der Waals surface area contributed by atoms with E-state index >= 15 is 0 Å². The molecule has 20 heavy (non-hydrogen) atoms. The SMILES string of the molecule is CNC1CCC(C)CC1CN(C)Cc1ccccc1Cl. The minimum absolute atomic E-state index is 0.667. The lowest BCUT2D eigenvalue weighted by atomic mass is 9.78. The van der Waals surface area contributed by atoms with Crippen LogP contribution in [0.2, 0.25) is 5.02 Å². The molecule has 1 N–H and O–H groups in total. The second-order valence-electron chi connectivity index (χ2n) is 6.36. The van der Waals surface area contributed by atoms with E-state index in [9.17, 15) is 0 Å². The Morgan fingerprint density at radius 2 is 2.05 bits per heavy atom. The Labute approximate surface area is 128 Å². The molecule has 0 radical (unpaired) electrons. The Morgan fingerprint density at radius 1 is 1.30 bits per heavy atom. The van der Waals surface area contributed by atoms with Gasteiger partial charge >= 0.3 is 0 Å². The van der Waals surface area contributed by atoms with E-state index in [1.165, 1.54) is 24.8 Å². The number of nitrogens with zero attached hydrogens (tertiary/aromatic N) is 1. The lowest BCUT2D eigenvalue weighted by molar-refractivity contribution is 0.162. The Bertz CT molecular complexity index is 421. The molecule has 1 aliphatic rings. The van der Waals surface area contributed by atoms with Crippen LogP contribution in [0.3, 0.4) is 0 Å². The number of halogens is 1. The third kappa shape index (κ3) is 4.21. The molecule has 0 aliphatic heterocycles. The Hall–Kier alpha value is -0.570. The van der Waals surface area contributed by atoms with Crippen LogP contribution in [-0.2, 0) is 6.54 Å². The molecule has 1 aromatic carbocycles. The summed E-state index contributed by atoms with van der Waals surface area (Å²) in [7, 11) is 4.30. The van der Waals surface area contributed by atoms with E-state index in [2.05, 4.69) is 43.4 Å². The van der Waals surface area contributed by atoms with Gasteiger partial charge in [-0.1, -0.05) is 36.7 Å². The number of nitrogens with one attached hydrogen (secondary N) is 1. The molecule has 0 heterocycles. The van der Waals surface area contributed by atoms with Gasteiger partial charge in [-0.2, -0.15) is 0 Å². The molecule has 1 fully saturated rings. The highest BCUT2D eigenvalue weighted by atomic mass is 35.5. The van der Waals surface area contributed by atoms with Gasteiger partial charge in [-0.3, -0.25) is 0 Å². The summed E-state index contributed by atoms with van der Waals surface area (Å²) in [6.45, 7) is 4.45. The van der Waals surface area contributed by atoms with Crippen molar-refractivity contribution in [3.8, 4) is 0 Å². The van der Waals surface area contributed by atoms with Gasteiger partial charge in [-0.25, -0.2) is 0 Å². The first-order valence-corrected chi connectivity index (χ1v) is 8.07. The molecule has 3 unspecified atom stereocenters. The second-order valence-corrected chi connectivity index (χ2v) is 6.77. The Kier molecular flexibility index (Phi) is 5.88. The van der Waals surface area contributed by atoms with Crippen molar-refractivity contribution in [2.24, 2.45) is 11.8 Å². The van der Waals surface area contributed by atoms with Gasteiger partial charge in [0.05, 0.1) is 0 Å². The minimum atomic E-state index is 0.667. The molecule has 0 spiro atoms. The molecule has 0 bridgehead atoms. The van der Waals surface area contributed by atoms with E-state index in [0.717, 1.165) is 29.9 Å². The van der Waals surface area contributed by atoms with Crippen molar-refractivity contribution >= 4 is 11.6 Å². The smallest absolute Gasteiger partial charge is 0.0451 e. The number of hydrogen-bond acceptors (Lipinski definition) is 2. The van der Waals surface area contributed by atoms with Gasteiger partial charge in [0.15, 0.2) is 0 Å². The van der Waals surface area contributed by atoms with Crippen LogP contribution in [0.25, 0.3) is 0 Å². The van der Waals surface area contributed by atoms with Crippen molar-refractivity contribution in [3.63, 3.8) is 0 Å². The maximum atomic E-state index is 6.25. The molecule has 3 heteroatoms. The van der Waals surface area contributed by atoms with Gasteiger partial charge < -0.3 is 10.2 Å². The standard InChI is InChI=1S/C17H27ClN2/c1-13-8-9-17(19-2)15(10-13)12-20(3)11-14-6-4-5-7-16(14)18/h4-7,13,15,17,19H,8-12H2,1-3H3. The average molecular weight is 295 g/mol. The van der Waals surface area contributed by atoms with Crippen LogP contribution >= 0.6 is 11.6 Å². The van der Waals surface area contributed by atoms with Gasteiger partial charge in [0, 0.05) is 24.2 Å². The lowest BCUT2D eigenvalue weighted by Crippen LogP contribution is -2.43. The van der Waals surface area contributed by atoms with Gasteiger partial charge in [0.1, 0.15) is 0 Å². The van der Waals surface area contributed by atoms with Gasteiger partial charge in [-0.15, -0.1) is 0 Å². The summed E-state index contributed by atoms with van der Waals surface area (Å²) in [5.74, 6) is 1.61. The molecule has 0 saturated heterocycles. The van der Waals surface area contributed by atoms with E-state index in [-0.39, 0.29) is 0 Å². The van der Waals surface area contributed by atoms with Crippen LogP contribution in [0, 0.1) is 11.8 Å². The molecule has 3 atom stereocenters. The van der Waals surface area contributed by atoms with E-state index in [1.54, 1.807) is 0 Å². The molecular formula is C17H27ClN2. The third-order valence-electron chi connectivity index (χ3n) is 4.56. The predicted molar refractivity (Wildman–Crippen MR) is 87.1 cm³/mol. The minimum Gasteiger partial charge on any atom is -0.317 e. The number of benzene rings is 1. The molecule has 2 nitrogen and oxygen atoms in total. The first-order valence-electron chi connectivity index (χ1n) is 7.69. The van der Waals surface area contributed by atoms with Crippen molar-refractivity contribution in [2.45, 2.75) is 38.8 Å². The van der Waals surface area contributed by atoms with E-state index in [1.807, 2.05) is 12.1 Å². The monoisotopic (exact) mass is 294 g/mol. The second kappa shape index (κ2) is 7.44. The first kappa shape index (κ1) is 15.8. The highest BCUT2D eigenvalue weighted by Gasteiger charge is 2.28. The number of hydrogen-bond donors (Lipinski definition) is 1. The largest absolute Gasteiger partial charge is 0.317 e. The third-order valence-corrected chi connectivity index (χ3v) is 4.93. The van der Waals surface area contributed by atoms with Crippen LogP contribution < -0.4 is 5.32 Å². The summed E-state index contributed by atoms with van der Waals surface area (Å²) >= 11 is 6.25. The highest BCUT2D eigenvalue weighted by molar-refractivity contribution is 6.31. The maximum absolute atomic E-state index is 6.25. The van der Waals surface area contributed by atoms with Crippen molar-refractivity contribution in [1.29, 1.82) is 0 Å². The zero-order valence-corrected chi connectivity index (χ0v) is 13.7. The quantitative estimate of drug-likeness (QED) is 0.889.